The monoisotopic (exact) mass is 167 g/mol. The Labute approximate surface area is 71.6 Å². The first-order chi connectivity index (χ1) is 5.86. The second-order valence-electron chi connectivity index (χ2n) is 2.41. The molecular weight excluding hydrogens is 154 g/mol. The van der Waals surface area contributed by atoms with E-state index in [1.54, 1.807) is 0 Å². The number of anilines is 1. The molecular formula is C8H13N3O. The molecule has 0 fully saturated rings. The van der Waals surface area contributed by atoms with Crippen molar-refractivity contribution in [1.29, 1.82) is 0 Å². The Bertz CT molecular complexity index is 222. The minimum Gasteiger partial charge on any atom is -0.395 e. The third-order valence-electron chi connectivity index (χ3n) is 1.50. The largest absolute Gasteiger partial charge is 0.395 e. The second-order valence-corrected chi connectivity index (χ2v) is 2.41. The SMILES string of the molecule is CCc1ccc(NCCO)nn1. The number of aryl methyl sites for hydroxylation is 1. The molecule has 1 aromatic rings. The maximum atomic E-state index is 8.52. The number of nitrogens with one attached hydrogen (secondary N) is 1. The lowest BCUT2D eigenvalue weighted by Gasteiger charge is -2.01. The first kappa shape index (κ1) is 8.93. The molecule has 0 aliphatic rings. The zero-order valence-corrected chi connectivity index (χ0v) is 7.12. The van der Waals surface area contributed by atoms with Crippen molar-refractivity contribution in [1.82, 2.24) is 10.2 Å². The van der Waals surface area contributed by atoms with Gasteiger partial charge in [-0.1, -0.05) is 6.92 Å². The lowest BCUT2D eigenvalue weighted by Crippen LogP contribution is -2.07. The zero-order chi connectivity index (χ0) is 8.81. The predicted octanol–water partition coefficient (Wildman–Crippen LogP) is 0.443. The first-order valence-electron chi connectivity index (χ1n) is 4.04. The lowest BCUT2D eigenvalue weighted by molar-refractivity contribution is 0.311. The van der Waals surface area contributed by atoms with E-state index in [0.717, 1.165) is 12.1 Å². The summed E-state index contributed by atoms with van der Waals surface area (Å²) in [4.78, 5) is 0. The molecule has 0 bridgehead atoms. The minimum atomic E-state index is 0.108. The van der Waals surface area contributed by atoms with Crippen LogP contribution in [0.3, 0.4) is 0 Å². The standard InChI is InChI=1S/C8H13N3O/c1-2-7-3-4-8(11-10-7)9-5-6-12/h3-4,12H,2,5-6H2,1H3,(H,9,11). The van der Waals surface area contributed by atoms with Crippen LogP contribution in [0.1, 0.15) is 12.6 Å². The van der Waals surface area contributed by atoms with Crippen LogP contribution in [-0.2, 0) is 6.42 Å². The van der Waals surface area contributed by atoms with Crippen molar-refractivity contribution in [3.05, 3.63) is 17.8 Å². The Balaban J connectivity index is 2.53. The van der Waals surface area contributed by atoms with E-state index in [1.165, 1.54) is 0 Å². The van der Waals surface area contributed by atoms with Crippen LogP contribution in [0.2, 0.25) is 0 Å². The van der Waals surface area contributed by atoms with Gasteiger partial charge in [0.15, 0.2) is 0 Å². The summed E-state index contributed by atoms with van der Waals surface area (Å²) >= 11 is 0. The minimum absolute atomic E-state index is 0.108. The van der Waals surface area contributed by atoms with Gasteiger partial charge in [0.05, 0.1) is 12.3 Å². The smallest absolute Gasteiger partial charge is 0.148 e. The fourth-order valence-corrected chi connectivity index (χ4v) is 0.827. The average molecular weight is 167 g/mol. The van der Waals surface area contributed by atoms with E-state index in [0.29, 0.717) is 12.4 Å². The number of aliphatic hydroxyl groups is 1. The molecule has 0 saturated carbocycles. The van der Waals surface area contributed by atoms with Gasteiger partial charge in [0.1, 0.15) is 5.82 Å². The molecule has 0 aliphatic heterocycles. The summed E-state index contributed by atoms with van der Waals surface area (Å²) in [5.74, 6) is 0.709. The molecule has 66 valence electrons. The Morgan fingerprint density at radius 2 is 2.25 bits per heavy atom. The zero-order valence-electron chi connectivity index (χ0n) is 7.12. The van der Waals surface area contributed by atoms with E-state index in [4.69, 9.17) is 5.11 Å². The summed E-state index contributed by atoms with van der Waals surface area (Å²) in [6.07, 6.45) is 0.896. The first-order valence-corrected chi connectivity index (χ1v) is 4.04. The molecule has 4 nitrogen and oxygen atoms in total. The van der Waals surface area contributed by atoms with E-state index in [1.807, 2.05) is 19.1 Å². The molecule has 0 unspecified atom stereocenters. The quantitative estimate of drug-likeness (QED) is 0.683. The summed E-state index contributed by atoms with van der Waals surface area (Å²) in [6.45, 7) is 2.65. The van der Waals surface area contributed by atoms with Gasteiger partial charge in [0.2, 0.25) is 0 Å². The van der Waals surface area contributed by atoms with Crippen LogP contribution in [0.4, 0.5) is 5.82 Å². The van der Waals surface area contributed by atoms with Gasteiger partial charge in [-0.15, -0.1) is 5.10 Å². The number of hydrogen-bond donors (Lipinski definition) is 2. The van der Waals surface area contributed by atoms with Crippen molar-refractivity contribution >= 4 is 5.82 Å². The Hall–Kier alpha value is -1.16. The van der Waals surface area contributed by atoms with Crippen molar-refractivity contribution in [2.45, 2.75) is 13.3 Å². The summed E-state index contributed by atoms with van der Waals surface area (Å²) in [5, 5.41) is 19.3. The predicted molar refractivity (Wildman–Crippen MR) is 47.0 cm³/mol. The van der Waals surface area contributed by atoms with E-state index in [9.17, 15) is 0 Å². The van der Waals surface area contributed by atoms with E-state index >= 15 is 0 Å². The van der Waals surface area contributed by atoms with Crippen LogP contribution in [0, 0.1) is 0 Å². The molecule has 1 heterocycles. The van der Waals surface area contributed by atoms with Crippen molar-refractivity contribution in [3.8, 4) is 0 Å². The molecule has 2 N–H and O–H groups in total. The van der Waals surface area contributed by atoms with Crippen LogP contribution < -0.4 is 5.32 Å². The Kier molecular flexibility index (Phi) is 3.47. The normalized spacial score (nSPS) is 9.83. The summed E-state index contributed by atoms with van der Waals surface area (Å²) in [7, 11) is 0. The van der Waals surface area contributed by atoms with Gasteiger partial charge in [0, 0.05) is 6.54 Å². The second kappa shape index (κ2) is 4.66. The van der Waals surface area contributed by atoms with Crippen molar-refractivity contribution in [2.75, 3.05) is 18.5 Å². The van der Waals surface area contributed by atoms with Crippen molar-refractivity contribution in [2.24, 2.45) is 0 Å². The van der Waals surface area contributed by atoms with Crippen LogP contribution in [0.25, 0.3) is 0 Å². The highest BCUT2D eigenvalue weighted by atomic mass is 16.3. The molecule has 1 rings (SSSR count). The third kappa shape index (κ3) is 2.47. The number of rotatable bonds is 4. The highest BCUT2D eigenvalue weighted by molar-refractivity contribution is 5.32. The highest BCUT2D eigenvalue weighted by Crippen LogP contribution is 2.01. The Morgan fingerprint density at radius 3 is 2.75 bits per heavy atom. The number of nitrogens with zero attached hydrogens (tertiary/aromatic N) is 2. The molecule has 0 amide bonds. The topological polar surface area (TPSA) is 58.0 Å². The molecule has 0 radical (unpaired) electrons. The number of aliphatic hydroxyl groups excluding tert-OH is 1. The maximum Gasteiger partial charge on any atom is 0.148 e. The summed E-state index contributed by atoms with van der Waals surface area (Å²) in [5.41, 5.74) is 0.976. The molecule has 1 aromatic heterocycles. The fraction of sp³-hybridized carbons (Fsp3) is 0.500. The molecule has 4 heteroatoms. The molecule has 12 heavy (non-hydrogen) atoms. The molecule has 0 saturated heterocycles. The third-order valence-corrected chi connectivity index (χ3v) is 1.50. The van der Waals surface area contributed by atoms with Gasteiger partial charge >= 0.3 is 0 Å². The lowest BCUT2D eigenvalue weighted by atomic mass is 10.3. The average Bonchev–Trinajstić information content (AvgIpc) is 2.15. The molecule has 0 aromatic carbocycles. The summed E-state index contributed by atoms with van der Waals surface area (Å²) in [6, 6.07) is 3.79. The Morgan fingerprint density at radius 1 is 1.42 bits per heavy atom. The van der Waals surface area contributed by atoms with Crippen LogP contribution in [-0.4, -0.2) is 28.5 Å². The van der Waals surface area contributed by atoms with Crippen molar-refractivity contribution < 1.29 is 5.11 Å². The van der Waals surface area contributed by atoms with Gasteiger partial charge in [-0.2, -0.15) is 5.10 Å². The highest BCUT2D eigenvalue weighted by Gasteiger charge is 1.93. The summed E-state index contributed by atoms with van der Waals surface area (Å²) < 4.78 is 0. The van der Waals surface area contributed by atoms with E-state index in [-0.39, 0.29) is 6.61 Å². The van der Waals surface area contributed by atoms with Crippen LogP contribution in [0.15, 0.2) is 12.1 Å². The van der Waals surface area contributed by atoms with E-state index < -0.39 is 0 Å². The van der Waals surface area contributed by atoms with Crippen LogP contribution in [0.5, 0.6) is 0 Å². The molecule has 0 atom stereocenters. The van der Waals surface area contributed by atoms with Gasteiger partial charge in [-0.25, -0.2) is 0 Å². The van der Waals surface area contributed by atoms with E-state index in [2.05, 4.69) is 15.5 Å². The fourth-order valence-electron chi connectivity index (χ4n) is 0.827. The van der Waals surface area contributed by atoms with Gasteiger partial charge in [-0.05, 0) is 18.6 Å². The number of hydrogen-bond acceptors (Lipinski definition) is 4. The van der Waals surface area contributed by atoms with Gasteiger partial charge in [-0.3, -0.25) is 0 Å². The van der Waals surface area contributed by atoms with Crippen LogP contribution >= 0.6 is 0 Å². The van der Waals surface area contributed by atoms with Gasteiger partial charge < -0.3 is 10.4 Å². The van der Waals surface area contributed by atoms with Crippen molar-refractivity contribution in [3.63, 3.8) is 0 Å². The van der Waals surface area contributed by atoms with Gasteiger partial charge in [0.25, 0.3) is 0 Å². The molecule has 0 aliphatic carbocycles. The molecule has 0 spiro atoms. The maximum absolute atomic E-state index is 8.52. The number of aromatic nitrogens is 2.